The number of unbranched alkanes of at least 4 members (excludes halogenated alkanes) is 1. The van der Waals surface area contributed by atoms with E-state index in [1.807, 2.05) is 0 Å². The molecule has 0 bridgehead atoms. The van der Waals surface area contributed by atoms with E-state index in [1.165, 1.54) is 19.4 Å². The van der Waals surface area contributed by atoms with Crippen molar-refractivity contribution in [3.8, 4) is 0 Å². The van der Waals surface area contributed by atoms with Crippen LogP contribution in [0.2, 0.25) is 0 Å². The van der Waals surface area contributed by atoms with Gasteiger partial charge < -0.3 is 4.90 Å². The number of rotatable bonds is 4. The van der Waals surface area contributed by atoms with Gasteiger partial charge in [0.1, 0.15) is 0 Å². The summed E-state index contributed by atoms with van der Waals surface area (Å²) in [5.74, 6) is 0.375. The Labute approximate surface area is 99.9 Å². The predicted octanol–water partition coefficient (Wildman–Crippen LogP) is 1.47. The number of amides is 1. The van der Waals surface area contributed by atoms with Crippen molar-refractivity contribution < 1.29 is 4.79 Å². The van der Waals surface area contributed by atoms with Crippen LogP contribution in [0, 0.1) is 0 Å². The second-order valence-electron chi connectivity index (χ2n) is 4.48. The topological polar surface area (TPSA) is 23.6 Å². The van der Waals surface area contributed by atoms with Crippen molar-refractivity contribution in [3.63, 3.8) is 0 Å². The molecule has 2 fully saturated rings. The summed E-state index contributed by atoms with van der Waals surface area (Å²) in [5, 5.41) is 1.11. The van der Waals surface area contributed by atoms with E-state index in [0.29, 0.717) is 11.9 Å². The van der Waals surface area contributed by atoms with Gasteiger partial charge in [-0.05, 0) is 25.8 Å². The maximum absolute atomic E-state index is 11.5. The second kappa shape index (κ2) is 5.30. The van der Waals surface area contributed by atoms with Crippen molar-refractivity contribution in [1.29, 1.82) is 0 Å². The zero-order valence-electron chi connectivity index (χ0n) is 9.12. The Hall–Kier alpha value is -0.0900. The van der Waals surface area contributed by atoms with E-state index in [-0.39, 0.29) is 0 Å². The van der Waals surface area contributed by atoms with Gasteiger partial charge in [-0.25, -0.2) is 0 Å². The molecule has 2 heterocycles. The molecule has 2 aliphatic heterocycles. The molecule has 0 aromatic heterocycles. The third-order valence-electron chi connectivity index (χ3n) is 3.44. The fraction of sp³-hybridized carbons (Fsp3) is 0.909. The molecule has 0 saturated carbocycles. The lowest BCUT2D eigenvalue weighted by Crippen LogP contribution is -2.51. The molecule has 0 spiro atoms. The van der Waals surface area contributed by atoms with E-state index in [1.54, 1.807) is 0 Å². The highest BCUT2D eigenvalue weighted by atomic mass is 79.9. The number of carbonyl (C=O) groups excluding carboxylic acids is 1. The Bertz CT molecular complexity index is 235. The zero-order valence-corrected chi connectivity index (χ0v) is 10.7. The number of piperazine rings is 1. The van der Waals surface area contributed by atoms with Crippen LogP contribution in [0.25, 0.3) is 0 Å². The van der Waals surface area contributed by atoms with Crippen molar-refractivity contribution in [2.24, 2.45) is 0 Å². The zero-order chi connectivity index (χ0) is 10.7. The quantitative estimate of drug-likeness (QED) is 0.573. The summed E-state index contributed by atoms with van der Waals surface area (Å²) in [4.78, 5) is 16.1. The molecule has 2 saturated heterocycles. The number of alkyl halides is 1. The van der Waals surface area contributed by atoms with Gasteiger partial charge in [0.25, 0.3) is 0 Å². The number of nitrogens with zero attached hydrogens (tertiary/aromatic N) is 2. The fourth-order valence-electron chi connectivity index (χ4n) is 2.56. The van der Waals surface area contributed by atoms with Crippen LogP contribution in [-0.2, 0) is 4.79 Å². The first-order valence-corrected chi connectivity index (χ1v) is 7.01. The van der Waals surface area contributed by atoms with E-state index in [4.69, 9.17) is 0 Å². The van der Waals surface area contributed by atoms with Crippen molar-refractivity contribution in [1.82, 2.24) is 9.80 Å². The van der Waals surface area contributed by atoms with Crippen LogP contribution in [0.1, 0.15) is 25.7 Å². The average Bonchev–Trinajstić information content (AvgIpc) is 2.61. The molecule has 0 aliphatic carbocycles. The minimum atomic E-state index is 0.375. The maximum atomic E-state index is 11.5. The molecule has 15 heavy (non-hydrogen) atoms. The van der Waals surface area contributed by atoms with Crippen molar-refractivity contribution in [3.05, 3.63) is 0 Å². The lowest BCUT2D eigenvalue weighted by Gasteiger charge is -2.37. The summed E-state index contributed by atoms with van der Waals surface area (Å²) >= 11 is 3.46. The normalized spacial score (nSPS) is 27.1. The number of hydrogen-bond donors (Lipinski definition) is 0. The van der Waals surface area contributed by atoms with Crippen LogP contribution in [0.5, 0.6) is 0 Å². The Morgan fingerprint density at radius 1 is 1.33 bits per heavy atom. The summed E-state index contributed by atoms with van der Waals surface area (Å²) in [6.07, 6.45) is 4.38. The first kappa shape index (κ1) is 11.4. The molecule has 1 atom stereocenters. The summed E-state index contributed by atoms with van der Waals surface area (Å²) < 4.78 is 0. The third kappa shape index (κ3) is 2.72. The van der Waals surface area contributed by atoms with Crippen LogP contribution in [0.4, 0.5) is 0 Å². The van der Waals surface area contributed by atoms with Gasteiger partial charge in [0, 0.05) is 37.4 Å². The highest BCUT2D eigenvalue weighted by Crippen LogP contribution is 2.22. The van der Waals surface area contributed by atoms with Gasteiger partial charge in [-0.3, -0.25) is 9.69 Å². The van der Waals surface area contributed by atoms with Gasteiger partial charge in [-0.2, -0.15) is 0 Å². The smallest absolute Gasteiger partial charge is 0.222 e. The maximum Gasteiger partial charge on any atom is 0.222 e. The molecule has 2 rings (SSSR count). The molecule has 0 radical (unpaired) electrons. The number of carbonyl (C=O) groups is 1. The number of fused-ring (bicyclic) bond motifs is 1. The third-order valence-corrected chi connectivity index (χ3v) is 4.00. The molecule has 1 amide bonds. The molecule has 0 N–H and O–H groups in total. The van der Waals surface area contributed by atoms with E-state index >= 15 is 0 Å². The molecular formula is C11H19BrN2O. The average molecular weight is 275 g/mol. The monoisotopic (exact) mass is 274 g/mol. The molecule has 0 aromatic rings. The molecule has 4 heteroatoms. The van der Waals surface area contributed by atoms with Gasteiger partial charge in [0.2, 0.25) is 5.91 Å². The van der Waals surface area contributed by atoms with E-state index in [9.17, 15) is 4.79 Å². The highest BCUT2D eigenvalue weighted by molar-refractivity contribution is 9.09. The van der Waals surface area contributed by atoms with Gasteiger partial charge in [-0.1, -0.05) is 15.9 Å². The first-order chi connectivity index (χ1) is 7.31. The predicted molar refractivity (Wildman–Crippen MR) is 64.2 cm³/mol. The molecule has 3 nitrogen and oxygen atoms in total. The summed E-state index contributed by atoms with van der Waals surface area (Å²) in [7, 11) is 0. The van der Waals surface area contributed by atoms with E-state index in [0.717, 1.165) is 37.8 Å². The van der Waals surface area contributed by atoms with Gasteiger partial charge in [0.15, 0.2) is 0 Å². The fourth-order valence-corrected chi connectivity index (χ4v) is 2.96. The Morgan fingerprint density at radius 2 is 2.20 bits per heavy atom. The van der Waals surface area contributed by atoms with E-state index < -0.39 is 0 Å². The Balaban J connectivity index is 1.75. The van der Waals surface area contributed by atoms with Crippen molar-refractivity contribution >= 4 is 21.8 Å². The second-order valence-corrected chi connectivity index (χ2v) is 5.27. The molecule has 0 aromatic carbocycles. The van der Waals surface area contributed by atoms with Gasteiger partial charge in [0.05, 0.1) is 0 Å². The summed E-state index contributed by atoms with van der Waals surface area (Å²) in [6.45, 7) is 4.33. The van der Waals surface area contributed by atoms with E-state index in [2.05, 4.69) is 25.7 Å². The molecular weight excluding hydrogens is 256 g/mol. The lowest BCUT2D eigenvalue weighted by atomic mass is 10.1. The highest BCUT2D eigenvalue weighted by Gasteiger charge is 2.34. The number of halogens is 1. The van der Waals surface area contributed by atoms with Crippen molar-refractivity contribution in [2.75, 3.05) is 31.5 Å². The Kier molecular flexibility index (Phi) is 4.03. The molecule has 1 unspecified atom stereocenters. The summed E-state index contributed by atoms with van der Waals surface area (Å²) in [6, 6.07) is 0.523. The van der Waals surface area contributed by atoms with Crippen LogP contribution in [0.3, 0.4) is 0 Å². The van der Waals surface area contributed by atoms with Crippen molar-refractivity contribution in [2.45, 2.75) is 31.7 Å². The Morgan fingerprint density at radius 3 is 3.00 bits per heavy atom. The van der Waals surface area contributed by atoms with Crippen LogP contribution in [0.15, 0.2) is 0 Å². The SMILES string of the molecule is O=C1CCC2CN(CCCCBr)CCN12. The minimum Gasteiger partial charge on any atom is -0.337 e. The van der Waals surface area contributed by atoms with Crippen LogP contribution in [-0.4, -0.2) is 53.3 Å². The molecule has 86 valence electrons. The summed E-state index contributed by atoms with van der Waals surface area (Å²) in [5.41, 5.74) is 0. The van der Waals surface area contributed by atoms with Crippen LogP contribution < -0.4 is 0 Å². The first-order valence-electron chi connectivity index (χ1n) is 5.89. The lowest BCUT2D eigenvalue weighted by molar-refractivity contribution is -0.130. The minimum absolute atomic E-state index is 0.375. The van der Waals surface area contributed by atoms with Crippen LogP contribution >= 0.6 is 15.9 Å². The molecule has 2 aliphatic rings. The van der Waals surface area contributed by atoms with Gasteiger partial charge in [-0.15, -0.1) is 0 Å². The largest absolute Gasteiger partial charge is 0.337 e. The van der Waals surface area contributed by atoms with Gasteiger partial charge >= 0.3 is 0 Å². The standard InChI is InChI=1S/C11H19BrN2O/c12-5-1-2-6-13-7-8-14-10(9-13)3-4-11(14)15/h10H,1-9H2. The number of hydrogen-bond acceptors (Lipinski definition) is 2.